The van der Waals surface area contributed by atoms with Crippen molar-refractivity contribution in [1.29, 1.82) is 0 Å². The molecule has 146 valence electrons. The second kappa shape index (κ2) is 9.02. The number of nitrogens with zero attached hydrogens (tertiary/aromatic N) is 3. The number of halogens is 1. The molecule has 0 aliphatic heterocycles. The van der Waals surface area contributed by atoms with E-state index in [0.717, 1.165) is 23.8 Å². The second-order valence-corrected chi connectivity index (χ2v) is 7.17. The van der Waals surface area contributed by atoms with Gasteiger partial charge < -0.3 is 4.90 Å². The van der Waals surface area contributed by atoms with Gasteiger partial charge in [-0.15, -0.1) is 0 Å². The Morgan fingerprint density at radius 2 is 1.93 bits per heavy atom. The Balaban J connectivity index is 2.09. The van der Waals surface area contributed by atoms with Crippen LogP contribution >= 0.6 is 11.6 Å². The molecule has 0 bridgehead atoms. The highest BCUT2D eigenvalue weighted by molar-refractivity contribution is 6.30. The number of aromatic nitrogens is 2. The van der Waals surface area contributed by atoms with Crippen molar-refractivity contribution in [3.8, 4) is 0 Å². The lowest BCUT2D eigenvalue weighted by Gasteiger charge is -2.21. The molecule has 0 atom stereocenters. The minimum absolute atomic E-state index is 0.187. The molecule has 2 heterocycles. The number of carbonyl (C=O) groups is 1. The lowest BCUT2D eigenvalue weighted by atomic mass is 10.1. The lowest BCUT2D eigenvalue weighted by molar-refractivity contribution is 0.0760. The zero-order valence-electron chi connectivity index (χ0n) is 16.2. The average molecular weight is 398 g/mol. The van der Waals surface area contributed by atoms with Crippen LogP contribution < -0.4 is 5.56 Å². The van der Waals surface area contributed by atoms with E-state index in [1.165, 1.54) is 0 Å². The Labute approximate surface area is 169 Å². The Morgan fingerprint density at radius 1 is 1.18 bits per heavy atom. The zero-order chi connectivity index (χ0) is 20.1. The molecule has 5 nitrogen and oxygen atoms in total. The number of amides is 1. The molecule has 0 fully saturated rings. The van der Waals surface area contributed by atoms with Crippen molar-refractivity contribution < 1.29 is 4.79 Å². The number of unbranched alkanes of at least 4 members (excludes halogenated alkanes) is 1. The van der Waals surface area contributed by atoms with E-state index in [-0.39, 0.29) is 17.0 Å². The quantitative estimate of drug-likeness (QED) is 0.595. The fourth-order valence-corrected chi connectivity index (χ4v) is 3.33. The van der Waals surface area contributed by atoms with E-state index in [0.29, 0.717) is 30.3 Å². The van der Waals surface area contributed by atoms with Crippen LogP contribution in [0.5, 0.6) is 0 Å². The minimum atomic E-state index is -0.318. The zero-order valence-corrected chi connectivity index (χ0v) is 16.9. The Hall–Kier alpha value is -2.66. The normalized spacial score (nSPS) is 11.0. The van der Waals surface area contributed by atoms with E-state index in [1.54, 1.807) is 33.9 Å². The number of benzene rings is 1. The maximum absolute atomic E-state index is 13.2. The molecule has 1 aromatic carbocycles. The molecule has 0 saturated heterocycles. The summed E-state index contributed by atoms with van der Waals surface area (Å²) in [6.07, 6.45) is 3.56. The van der Waals surface area contributed by atoms with Gasteiger partial charge in [-0.2, -0.15) is 0 Å². The third kappa shape index (κ3) is 4.25. The van der Waals surface area contributed by atoms with Crippen LogP contribution in [0.4, 0.5) is 0 Å². The minimum Gasteiger partial charge on any atom is -0.339 e. The van der Waals surface area contributed by atoms with E-state index in [2.05, 4.69) is 11.9 Å². The maximum atomic E-state index is 13.2. The third-order valence-corrected chi connectivity index (χ3v) is 5.03. The van der Waals surface area contributed by atoms with Crippen molar-refractivity contribution in [2.45, 2.75) is 33.2 Å². The highest BCUT2D eigenvalue weighted by Crippen LogP contribution is 2.16. The number of carbonyl (C=O) groups excluding carboxylic acids is 1. The Morgan fingerprint density at radius 3 is 2.61 bits per heavy atom. The number of pyridine rings is 2. The molecular weight excluding hydrogens is 374 g/mol. The van der Waals surface area contributed by atoms with Crippen molar-refractivity contribution in [3.63, 3.8) is 0 Å². The van der Waals surface area contributed by atoms with Crippen LogP contribution in [0.25, 0.3) is 11.0 Å². The highest BCUT2D eigenvalue weighted by Gasteiger charge is 2.20. The van der Waals surface area contributed by atoms with Crippen LogP contribution in [0.3, 0.4) is 0 Å². The first kappa shape index (κ1) is 20.1. The van der Waals surface area contributed by atoms with Gasteiger partial charge >= 0.3 is 0 Å². The summed E-state index contributed by atoms with van der Waals surface area (Å²) in [6, 6.07) is 12.7. The molecule has 2 aromatic heterocycles. The van der Waals surface area contributed by atoms with Gasteiger partial charge in [0.1, 0.15) is 11.2 Å². The molecule has 0 radical (unpaired) electrons. The van der Waals surface area contributed by atoms with Crippen molar-refractivity contribution in [3.05, 3.63) is 75.2 Å². The predicted octanol–water partition coefficient (Wildman–Crippen LogP) is 4.36. The molecule has 3 rings (SSSR count). The van der Waals surface area contributed by atoms with Crippen molar-refractivity contribution in [1.82, 2.24) is 14.5 Å². The molecule has 1 amide bonds. The summed E-state index contributed by atoms with van der Waals surface area (Å²) in [5.41, 5.74) is 1.35. The fraction of sp³-hybridized carbons (Fsp3) is 0.318. The fourth-order valence-electron chi connectivity index (χ4n) is 3.20. The summed E-state index contributed by atoms with van der Waals surface area (Å²) in [7, 11) is 0. The number of hydrogen-bond donors (Lipinski definition) is 0. The summed E-state index contributed by atoms with van der Waals surface area (Å²) in [5.74, 6) is -0.225. The molecule has 6 heteroatoms. The number of hydrogen-bond acceptors (Lipinski definition) is 3. The van der Waals surface area contributed by atoms with Crippen molar-refractivity contribution in [2.24, 2.45) is 0 Å². The lowest BCUT2D eigenvalue weighted by Crippen LogP contribution is -2.37. The van der Waals surface area contributed by atoms with Crippen LogP contribution in [0.2, 0.25) is 5.02 Å². The molecule has 0 aliphatic rings. The average Bonchev–Trinajstić information content (AvgIpc) is 2.71. The summed E-state index contributed by atoms with van der Waals surface area (Å²) in [5, 5.41) is 1.41. The topological polar surface area (TPSA) is 55.2 Å². The van der Waals surface area contributed by atoms with Gasteiger partial charge in [0.05, 0.1) is 6.54 Å². The van der Waals surface area contributed by atoms with E-state index in [1.807, 2.05) is 31.2 Å². The van der Waals surface area contributed by atoms with Crippen LogP contribution in [-0.2, 0) is 6.54 Å². The van der Waals surface area contributed by atoms with Gasteiger partial charge in [0, 0.05) is 29.7 Å². The maximum Gasteiger partial charge on any atom is 0.265 e. The second-order valence-electron chi connectivity index (χ2n) is 6.73. The first-order valence-corrected chi connectivity index (χ1v) is 9.95. The van der Waals surface area contributed by atoms with Gasteiger partial charge in [0.2, 0.25) is 0 Å². The van der Waals surface area contributed by atoms with Crippen LogP contribution in [-0.4, -0.2) is 33.4 Å². The van der Waals surface area contributed by atoms with E-state index >= 15 is 0 Å². The summed E-state index contributed by atoms with van der Waals surface area (Å²) < 4.78 is 1.57. The molecule has 0 N–H and O–H groups in total. The molecule has 0 aliphatic carbocycles. The SMILES string of the molecule is CCCCN(CC)C(=O)c1cc2cccnc2n(Cc2ccc(Cl)cc2)c1=O. The van der Waals surface area contributed by atoms with Crippen LogP contribution in [0, 0.1) is 0 Å². The number of rotatable bonds is 7. The van der Waals surface area contributed by atoms with Crippen molar-refractivity contribution in [2.75, 3.05) is 13.1 Å². The number of fused-ring (bicyclic) bond motifs is 1. The summed E-state index contributed by atoms with van der Waals surface area (Å²) in [4.78, 5) is 32.4. The van der Waals surface area contributed by atoms with Crippen molar-refractivity contribution >= 4 is 28.5 Å². The molecule has 3 aromatic rings. The van der Waals surface area contributed by atoms with Gasteiger partial charge in [-0.3, -0.25) is 14.2 Å². The van der Waals surface area contributed by atoms with E-state index in [4.69, 9.17) is 11.6 Å². The smallest absolute Gasteiger partial charge is 0.265 e. The standard InChI is InChI=1S/C22H24ClN3O2/c1-3-5-13-25(4-2)21(27)19-14-17-7-6-12-24-20(17)26(22(19)28)15-16-8-10-18(23)11-9-16/h6-12,14H,3-5,13,15H2,1-2H3. The highest BCUT2D eigenvalue weighted by atomic mass is 35.5. The van der Waals surface area contributed by atoms with E-state index < -0.39 is 0 Å². The summed E-state index contributed by atoms with van der Waals surface area (Å²) in [6.45, 7) is 5.56. The molecule has 0 unspecified atom stereocenters. The van der Waals surface area contributed by atoms with Crippen LogP contribution in [0.15, 0.2) is 53.5 Å². The molecule has 0 saturated carbocycles. The van der Waals surface area contributed by atoms with Gasteiger partial charge in [-0.1, -0.05) is 37.1 Å². The van der Waals surface area contributed by atoms with Gasteiger partial charge in [0.15, 0.2) is 0 Å². The summed E-state index contributed by atoms with van der Waals surface area (Å²) >= 11 is 5.97. The van der Waals surface area contributed by atoms with Gasteiger partial charge in [0.25, 0.3) is 11.5 Å². The Kier molecular flexibility index (Phi) is 6.47. The third-order valence-electron chi connectivity index (χ3n) is 4.78. The van der Waals surface area contributed by atoms with Gasteiger partial charge in [-0.05, 0) is 49.2 Å². The first-order chi connectivity index (χ1) is 13.5. The predicted molar refractivity (Wildman–Crippen MR) is 113 cm³/mol. The molecule has 0 spiro atoms. The Bertz CT molecular complexity index is 1030. The van der Waals surface area contributed by atoms with Crippen LogP contribution in [0.1, 0.15) is 42.6 Å². The molecule has 28 heavy (non-hydrogen) atoms. The first-order valence-electron chi connectivity index (χ1n) is 9.57. The molecular formula is C22H24ClN3O2. The monoisotopic (exact) mass is 397 g/mol. The van der Waals surface area contributed by atoms with E-state index in [9.17, 15) is 9.59 Å². The van der Waals surface area contributed by atoms with Gasteiger partial charge in [-0.25, -0.2) is 4.98 Å². The largest absolute Gasteiger partial charge is 0.339 e.